The molecule has 2 bridgehead atoms. The molecule has 1 aromatic carbocycles. The second kappa shape index (κ2) is 10.5. The lowest BCUT2D eigenvalue weighted by atomic mass is 9.55. The van der Waals surface area contributed by atoms with Gasteiger partial charge in [-0.15, -0.1) is 0 Å². The quantitative estimate of drug-likeness (QED) is 0.537. The number of benzene rings is 1. The summed E-state index contributed by atoms with van der Waals surface area (Å²) < 4.78 is 5.26. The van der Waals surface area contributed by atoms with Gasteiger partial charge in [-0.3, -0.25) is 14.9 Å². The fourth-order valence-corrected chi connectivity index (χ4v) is 6.72. The van der Waals surface area contributed by atoms with Crippen molar-refractivity contribution in [2.45, 2.75) is 83.3 Å². The normalized spacial score (nSPS) is 29.7. The van der Waals surface area contributed by atoms with Crippen molar-refractivity contribution in [3.63, 3.8) is 0 Å². The van der Waals surface area contributed by atoms with Gasteiger partial charge in [-0.2, -0.15) is 0 Å². The summed E-state index contributed by atoms with van der Waals surface area (Å²) in [7, 11) is 0. The Morgan fingerprint density at radius 2 is 1.85 bits per heavy atom. The van der Waals surface area contributed by atoms with Gasteiger partial charge in [0.15, 0.2) is 0 Å². The summed E-state index contributed by atoms with van der Waals surface area (Å²) in [4.78, 5) is 39.9. The number of rotatable bonds is 9. The number of carbonyl (C=O) groups excluding carboxylic acids is 2. The van der Waals surface area contributed by atoms with Gasteiger partial charge < -0.3 is 14.7 Å². The van der Waals surface area contributed by atoms with Gasteiger partial charge in [-0.25, -0.2) is 4.79 Å². The summed E-state index contributed by atoms with van der Waals surface area (Å²) in [5.41, 5.74) is 1.05. The number of carbonyl (C=O) groups is 3. The maximum absolute atomic E-state index is 13.5. The Morgan fingerprint density at radius 3 is 2.44 bits per heavy atom. The topological polar surface area (TPSA) is 95.9 Å². The number of likely N-dealkylation sites (tertiary alicyclic amines) is 1. The zero-order valence-electron chi connectivity index (χ0n) is 20.4. The van der Waals surface area contributed by atoms with Crippen LogP contribution in [0.1, 0.15) is 64.4 Å². The molecule has 1 amide bonds. The molecule has 0 unspecified atom stereocenters. The minimum atomic E-state index is -0.926. The van der Waals surface area contributed by atoms with Crippen LogP contribution in [0.25, 0.3) is 0 Å². The molecule has 0 radical (unpaired) electrons. The number of ether oxygens (including phenoxy) is 1. The van der Waals surface area contributed by atoms with E-state index in [1.54, 1.807) is 18.7 Å². The van der Waals surface area contributed by atoms with Crippen LogP contribution in [0.3, 0.4) is 0 Å². The lowest BCUT2D eigenvalue weighted by Gasteiger charge is -2.50. The molecule has 2 N–H and O–H groups in total. The number of hydrogen-bond donors (Lipinski definition) is 2. The third-order valence-corrected chi connectivity index (χ3v) is 8.39. The fourth-order valence-electron chi connectivity index (χ4n) is 6.72. The van der Waals surface area contributed by atoms with E-state index in [4.69, 9.17) is 4.74 Å². The maximum Gasteiger partial charge on any atom is 0.326 e. The Kier molecular flexibility index (Phi) is 7.60. The largest absolute Gasteiger partial charge is 0.480 e. The molecule has 7 nitrogen and oxygen atoms in total. The Morgan fingerprint density at radius 1 is 1.15 bits per heavy atom. The molecule has 3 aliphatic carbocycles. The highest BCUT2D eigenvalue weighted by Gasteiger charge is 2.56. The van der Waals surface area contributed by atoms with E-state index in [1.807, 2.05) is 30.3 Å². The first-order valence-corrected chi connectivity index (χ1v) is 12.8. The van der Waals surface area contributed by atoms with Gasteiger partial charge >= 0.3 is 11.9 Å². The minimum Gasteiger partial charge on any atom is -0.480 e. The molecule has 1 aliphatic heterocycles. The molecule has 5 rings (SSSR count). The van der Waals surface area contributed by atoms with Crippen LogP contribution in [0.5, 0.6) is 0 Å². The van der Waals surface area contributed by atoms with E-state index in [9.17, 15) is 19.5 Å². The summed E-state index contributed by atoms with van der Waals surface area (Å²) >= 11 is 0. The Bertz CT molecular complexity index is 882. The van der Waals surface area contributed by atoms with Crippen LogP contribution < -0.4 is 5.32 Å². The van der Waals surface area contributed by atoms with Crippen molar-refractivity contribution in [1.82, 2.24) is 10.2 Å². The molecule has 1 spiro atoms. The minimum absolute atomic E-state index is 0.0620. The number of amides is 1. The van der Waals surface area contributed by atoms with E-state index in [0.717, 1.165) is 24.8 Å². The summed E-state index contributed by atoms with van der Waals surface area (Å²) in [5, 5.41) is 13.1. The molecule has 0 aromatic heterocycles. The van der Waals surface area contributed by atoms with Gasteiger partial charge in [-0.05, 0) is 75.2 Å². The predicted octanol–water partition coefficient (Wildman–Crippen LogP) is 3.41. The average molecular weight is 471 g/mol. The highest BCUT2D eigenvalue weighted by molar-refractivity contribution is 5.88. The standard InChI is InChI=1S/C27H38N2O5/c1-3-34-26(33)22(14-11-19-7-5-4-6-8-19)28-18(2)24(30)29-17-27(16-23(29)25(31)32)15-20-9-12-21(27)13-10-20/h4-8,18,20-23,28H,3,9-17H2,1-2H3,(H,31,32)/t18-,20?,21?,22-,23-,27+/m1/s1. The predicted molar refractivity (Wildman–Crippen MR) is 128 cm³/mol. The van der Waals surface area contributed by atoms with Crippen molar-refractivity contribution in [3.05, 3.63) is 35.9 Å². The monoisotopic (exact) mass is 470 g/mol. The Labute approximate surface area is 202 Å². The number of aryl methyl sites for hydroxylation is 1. The summed E-state index contributed by atoms with van der Waals surface area (Å²) in [5.74, 6) is -0.366. The molecular formula is C27H38N2O5. The zero-order chi connectivity index (χ0) is 24.3. The van der Waals surface area contributed by atoms with Gasteiger partial charge in [0.25, 0.3) is 0 Å². The number of aliphatic carboxylic acids is 1. The molecule has 3 saturated carbocycles. The van der Waals surface area contributed by atoms with Crippen LogP contribution in [-0.4, -0.2) is 59.1 Å². The summed E-state index contributed by atoms with van der Waals surface area (Å²) in [6.07, 6.45) is 7.53. The molecule has 1 heterocycles. The first-order chi connectivity index (χ1) is 16.3. The van der Waals surface area contributed by atoms with Crippen molar-refractivity contribution in [1.29, 1.82) is 0 Å². The van der Waals surface area contributed by atoms with Crippen LogP contribution in [0, 0.1) is 17.3 Å². The average Bonchev–Trinajstić information content (AvgIpc) is 3.21. The van der Waals surface area contributed by atoms with Crippen LogP contribution in [-0.2, 0) is 25.5 Å². The first-order valence-electron chi connectivity index (χ1n) is 12.8. The second-order valence-corrected chi connectivity index (χ2v) is 10.5. The van der Waals surface area contributed by atoms with E-state index >= 15 is 0 Å². The SMILES string of the molecule is CCOC(=O)[C@@H](CCc1ccccc1)N[C@H](C)C(=O)N1C[C@]2(CC3CCC2CC3)C[C@@H]1C(=O)O. The van der Waals surface area contributed by atoms with Crippen LogP contribution in [0.4, 0.5) is 0 Å². The van der Waals surface area contributed by atoms with E-state index in [0.29, 0.717) is 37.6 Å². The number of hydrogen-bond acceptors (Lipinski definition) is 5. The molecule has 1 saturated heterocycles. The van der Waals surface area contributed by atoms with Gasteiger partial charge in [0.05, 0.1) is 12.6 Å². The molecule has 7 heteroatoms. The van der Waals surface area contributed by atoms with Crippen molar-refractivity contribution in [2.75, 3.05) is 13.2 Å². The first kappa shape index (κ1) is 24.7. The number of nitrogens with zero attached hydrogens (tertiary/aromatic N) is 1. The molecular weight excluding hydrogens is 432 g/mol. The van der Waals surface area contributed by atoms with E-state index in [2.05, 4.69) is 5.32 Å². The Balaban J connectivity index is 1.45. The van der Waals surface area contributed by atoms with E-state index in [1.165, 1.54) is 12.8 Å². The smallest absolute Gasteiger partial charge is 0.326 e. The lowest BCUT2D eigenvalue weighted by molar-refractivity contribution is -0.150. The number of nitrogens with one attached hydrogen (secondary N) is 1. The van der Waals surface area contributed by atoms with E-state index < -0.39 is 24.1 Å². The highest BCUT2D eigenvalue weighted by Crippen LogP contribution is 2.57. The van der Waals surface area contributed by atoms with E-state index in [-0.39, 0.29) is 23.9 Å². The van der Waals surface area contributed by atoms with Crippen molar-refractivity contribution < 1.29 is 24.2 Å². The molecule has 34 heavy (non-hydrogen) atoms. The molecule has 1 aromatic rings. The molecule has 4 atom stereocenters. The number of fused-ring (bicyclic) bond motifs is 2. The van der Waals surface area contributed by atoms with Gasteiger partial charge in [-0.1, -0.05) is 43.2 Å². The van der Waals surface area contributed by atoms with Crippen molar-refractivity contribution in [2.24, 2.45) is 17.3 Å². The fraction of sp³-hybridized carbons (Fsp3) is 0.667. The number of carboxylic acids is 1. The van der Waals surface area contributed by atoms with Crippen molar-refractivity contribution >= 4 is 17.8 Å². The van der Waals surface area contributed by atoms with Gasteiger partial charge in [0.1, 0.15) is 12.1 Å². The van der Waals surface area contributed by atoms with Crippen molar-refractivity contribution in [3.8, 4) is 0 Å². The Hall–Kier alpha value is -2.41. The molecule has 186 valence electrons. The zero-order valence-corrected chi connectivity index (χ0v) is 20.4. The third-order valence-electron chi connectivity index (χ3n) is 8.39. The molecule has 4 aliphatic rings. The number of esters is 1. The lowest BCUT2D eigenvalue weighted by Crippen LogP contribution is -2.54. The highest BCUT2D eigenvalue weighted by atomic mass is 16.5. The third kappa shape index (κ3) is 5.14. The van der Waals surface area contributed by atoms with Gasteiger partial charge in [0, 0.05) is 6.54 Å². The van der Waals surface area contributed by atoms with Crippen LogP contribution in [0.15, 0.2) is 30.3 Å². The molecule has 4 fully saturated rings. The second-order valence-electron chi connectivity index (χ2n) is 10.5. The number of carboxylic acid groups (broad SMARTS) is 1. The summed E-state index contributed by atoms with van der Waals surface area (Å²) in [6, 6.07) is 7.79. The summed E-state index contributed by atoms with van der Waals surface area (Å²) in [6.45, 7) is 4.28. The maximum atomic E-state index is 13.5. The van der Waals surface area contributed by atoms with Gasteiger partial charge in [0.2, 0.25) is 5.91 Å². The van der Waals surface area contributed by atoms with Crippen LogP contribution in [0.2, 0.25) is 0 Å². The van der Waals surface area contributed by atoms with Crippen LogP contribution >= 0.6 is 0 Å².